The number of allylic oxidation sites excluding steroid dienone is 2. The fourth-order valence-corrected chi connectivity index (χ4v) is 7.89. The standard InChI is InChI=1S/C29H23FNOS.C13H24O2.Ir/c1-15(2)9-18-5-6-19-20-7-8-31-27(29(20)33-25(19)14-18)22-11-16(3)10-21-26-23(30)12-17(4)13-24(26)32-28(21)22;1-5-10(6-2)12(14)9-13(15)11(7-3)8-4;/h5-8,10,12-15H,9H2,1-4H3;9-11,14H,5-8H2,1-4H3;/q-1;;/b;12-9-;. The van der Waals surface area contributed by atoms with E-state index >= 15 is 0 Å². The number of aliphatic hydroxyl groups is 1. The van der Waals surface area contributed by atoms with Crippen molar-refractivity contribution in [1.82, 2.24) is 4.98 Å². The molecule has 7 heteroatoms. The minimum atomic E-state index is -0.258. The Balaban J connectivity index is 0.000000290. The van der Waals surface area contributed by atoms with E-state index in [1.165, 1.54) is 27.1 Å². The van der Waals surface area contributed by atoms with E-state index in [9.17, 15) is 14.3 Å². The van der Waals surface area contributed by atoms with Crippen LogP contribution in [0.25, 0.3) is 53.4 Å². The molecule has 6 rings (SSSR count). The second-order valence-corrected chi connectivity index (χ2v) is 14.4. The zero-order valence-corrected chi connectivity index (χ0v) is 33.0. The molecule has 0 amide bonds. The molecule has 3 aromatic heterocycles. The van der Waals surface area contributed by atoms with E-state index < -0.39 is 0 Å². The number of hydrogen-bond donors (Lipinski definition) is 1. The van der Waals surface area contributed by atoms with Crippen LogP contribution in [-0.4, -0.2) is 15.9 Å². The number of furan rings is 1. The van der Waals surface area contributed by atoms with Crippen LogP contribution in [0, 0.1) is 43.5 Å². The molecule has 0 aliphatic rings. The van der Waals surface area contributed by atoms with Crippen molar-refractivity contribution in [2.45, 2.75) is 87.5 Å². The zero-order valence-electron chi connectivity index (χ0n) is 29.8. The maximum absolute atomic E-state index is 14.9. The molecule has 0 unspecified atom stereocenters. The van der Waals surface area contributed by atoms with Crippen molar-refractivity contribution < 1.29 is 38.8 Å². The number of benzene rings is 3. The van der Waals surface area contributed by atoms with Gasteiger partial charge in [0.05, 0.1) is 11.3 Å². The molecule has 1 N–H and O–H groups in total. The Kier molecular flexibility index (Phi) is 13.0. The molecule has 0 spiro atoms. The van der Waals surface area contributed by atoms with Gasteiger partial charge in [-0.25, -0.2) is 4.39 Å². The van der Waals surface area contributed by atoms with Gasteiger partial charge in [0.2, 0.25) is 0 Å². The quantitative estimate of drug-likeness (QED) is 0.0847. The molecule has 0 saturated carbocycles. The number of pyridine rings is 1. The monoisotopic (exact) mass is 857 g/mol. The molecule has 0 saturated heterocycles. The Morgan fingerprint density at radius 1 is 0.959 bits per heavy atom. The molecule has 3 aromatic carbocycles. The average Bonchev–Trinajstić information content (AvgIpc) is 3.59. The Morgan fingerprint density at radius 3 is 2.31 bits per heavy atom. The van der Waals surface area contributed by atoms with E-state index in [1.54, 1.807) is 17.4 Å². The summed E-state index contributed by atoms with van der Waals surface area (Å²) in [4.78, 5) is 16.5. The smallest absolute Gasteiger partial charge is 0.162 e. The average molecular weight is 857 g/mol. The van der Waals surface area contributed by atoms with Gasteiger partial charge in [-0.3, -0.25) is 4.79 Å². The molecule has 4 nitrogen and oxygen atoms in total. The topological polar surface area (TPSA) is 63.3 Å². The summed E-state index contributed by atoms with van der Waals surface area (Å²) in [5.74, 6) is 0.901. The Hall–Kier alpha value is -3.38. The number of carbonyl (C=O) groups is 1. The van der Waals surface area contributed by atoms with Gasteiger partial charge in [-0.2, -0.15) is 0 Å². The molecule has 261 valence electrons. The predicted octanol–water partition coefficient (Wildman–Crippen LogP) is 12.6. The molecule has 0 bridgehead atoms. The van der Waals surface area contributed by atoms with Crippen LogP contribution in [0.3, 0.4) is 0 Å². The molecule has 1 radical (unpaired) electrons. The number of ketones is 1. The third-order valence-electron chi connectivity index (χ3n) is 9.25. The van der Waals surface area contributed by atoms with E-state index in [1.807, 2.05) is 59.9 Å². The van der Waals surface area contributed by atoms with Crippen LogP contribution in [0.1, 0.15) is 83.9 Å². The van der Waals surface area contributed by atoms with E-state index in [2.05, 4.69) is 44.2 Å². The minimum Gasteiger partial charge on any atom is -0.512 e. The number of nitrogens with zero attached hydrogens (tertiary/aromatic N) is 1. The number of fused-ring (bicyclic) bond motifs is 6. The van der Waals surface area contributed by atoms with Crippen molar-refractivity contribution in [2.24, 2.45) is 17.8 Å². The number of thiophene rings is 1. The van der Waals surface area contributed by atoms with Crippen molar-refractivity contribution in [2.75, 3.05) is 0 Å². The maximum Gasteiger partial charge on any atom is 0.162 e. The van der Waals surface area contributed by atoms with E-state index in [0.29, 0.717) is 22.5 Å². The zero-order chi connectivity index (χ0) is 34.7. The minimum absolute atomic E-state index is 0. The molecule has 0 fully saturated rings. The number of aliphatic hydroxyl groups excluding tert-OH is 1. The van der Waals surface area contributed by atoms with Gasteiger partial charge in [-0.05, 0) is 91.1 Å². The maximum atomic E-state index is 14.9. The van der Waals surface area contributed by atoms with Crippen molar-refractivity contribution >= 4 is 59.2 Å². The van der Waals surface area contributed by atoms with Crippen molar-refractivity contribution in [1.29, 1.82) is 0 Å². The molecule has 6 aromatic rings. The van der Waals surface area contributed by atoms with E-state index in [-0.39, 0.29) is 49.3 Å². The van der Waals surface area contributed by atoms with Gasteiger partial charge in [0.25, 0.3) is 0 Å². The summed E-state index contributed by atoms with van der Waals surface area (Å²) in [7, 11) is 0. The Bertz CT molecular complexity index is 2120. The summed E-state index contributed by atoms with van der Waals surface area (Å²) in [6, 6.07) is 17.7. The first-order valence-electron chi connectivity index (χ1n) is 17.3. The van der Waals surface area contributed by atoms with E-state index in [4.69, 9.17) is 9.40 Å². The van der Waals surface area contributed by atoms with Crippen LogP contribution >= 0.6 is 11.3 Å². The van der Waals surface area contributed by atoms with Gasteiger partial charge < -0.3 is 14.5 Å². The second-order valence-electron chi connectivity index (χ2n) is 13.4. The SMILES string of the molecule is CCC(CC)C(=O)/C=C(\O)C(CC)CC.Cc1[c-]c(-c2nccc3c2sc2cc(CC(C)C)ccc23)c2oc3cc(C)cc(F)c3c2c1.[Ir]. The van der Waals surface area contributed by atoms with Crippen molar-refractivity contribution in [3.8, 4) is 11.3 Å². The first-order valence-corrected chi connectivity index (χ1v) is 18.1. The van der Waals surface area contributed by atoms with Gasteiger partial charge in [0, 0.05) is 64.7 Å². The van der Waals surface area contributed by atoms with Crippen LogP contribution in [0.5, 0.6) is 0 Å². The number of carbonyl (C=O) groups excluding carboxylic acids is 1. The molecule has 3 heterocycles. The third kappa shape index (κ3) is 8.17. The van der Waals surface area contributed by atoms with Crippen LogP contribution in [0.2, 0.25) is 0 Å². The molecule has 49 heavy (non-hydrogen) atoms. The van der Waals surface area contributed by atoms with Crippen LogP contribution in [-0.2, 0) is 31.3 Å². The normalized spacial score (nSPS) is 12.0. The summed E-state index contributed by atoms with van der Waals surface area (Å²) in [5, 5.41) is 13.5. The van der Waals surface area contributed by atoms with Crippen molar-refractivity contribution in [3.63, 3.8) is 0 Å². The largest absolute Gasteiger partial charge is 0.512 e. The van der Waals surface area contributed by atoms with Gasteiger partial charge in [-0.15, -0.1) is 29.0 Å². The first-order chi connectivity index (χ1) is 23.0. The third-order valence-corrected chi connectivity index (χ3v) is 10.4. The summed E-state index contributed by atoms with van der Waals surface area (Å²) in [6.45, 7) is 16.4. The molecular weight excluding hydrogens is 810 g/mol. The molecular formula is C42H47FIrNO3S-. The van der Waals surface area contributed by atoms with Crippen LogP contribution in [0.15, 0.2) is 64.9 Å². The van der Waals surface area contributed by atoms with Gasteiger partial charge >= 0.3 is 0 Å². The summed E-state index contributed by atoms with van der Waals surface area (Å²) >= 11 is 1.75. The number of aromatic nitrogens is 1. The number of hydrogen-bond acceptors (Lipinski definition) is 5. The van der Waals surface area contributed by atoms with E-state index in [0.717, 1.165) is 64.6 Å². The fraction of sp³-hybridized carbons (Fsp3) is 0.381. The van der Waals surface area contributed by atoms with Gasteiger partial charge in [-0.1, -0.05) is 71.5 Å². The molecule has 0 aliphatic heterocycles. The predicted molar refractivity (Wildman–Crippen MR) is 201 cm³/mol. The Morgan fingerprint density at radius 2 is 1.65 bits per heavy atom. The summed E-state index contributed by atoms with van der Waals surface area (Å²) in [5.41, 5.74) is 5.94. The number of rotatable bonds is 10. The number of aryl methyl sites for hydroxylation is 2. The summed E-state index contributed by atoms with van der Waals surface area (Å²) in [6.07, 6.45) is 7.82. The number of halogens is 1. The summed E-state index contributed by atoms with van der Waals surface area (Å²) < 4.78 is 23.5. The molecule has 0 atom stereocenters. The second kappa shape index (κ2) is 16.6. The van der Waals surface area contributed by atoms with Crippen molar-refractivity contribution in [3.05, 3.63) is 89.1 Å². The van der Waals surface area contributed by atoms with Gasteiger partial charge in [0.15, 0.2) is 5.78 Å². The van der Waals surface area contributed by atoms with Gasteiger partial charge in [0.1, 0.15) is 11.4 Å². The van der Waals surface area contributed by atoms with Crippen LogP contribution < -0.4 is 0 Å². The first kappa shape index (κ1) is 38.4. The molecule has 0 aliphatic carbocycles. The fourth-order valence-electron chi connectivity index (χ4n) is 6.63. The van der Waals surface area contributed by atoms with Crippen LogP contribution in [0.4, 0.5) is 4.39 Å². The Labute approximate surface area is 307 Å².